The second kappa shape index (κ2) is 4.83. The highest BCUT2D eigenvalue weighted by molar-refractivity contribution is 5.86. The molecule has 2 amide bonds. The van der Waals surface area contributed by atoms with E-state index in [1.807, 2.05) is 6.92 Å². The lowest BCUT2D eigenvalue weighted by molar-refractivity contribution is -0.146. The number of hydrogen-bond acceptors (Lipinski definition) is 3. The van der Waals surface area contributed by atoms with Gasteiger partial charge < -0.3 is 15.0 Å². The Labute approximate surface area is 84.4 Å². The predicted octanol–water partition coefficient (Wildman–Crippen LogP) is 0.599. The van der Waals surface area contributed by atoms with Crippen molar-refractivity contribution >= 4 is 12.0 Å². The van der Waals surface area contributed by atoms with Crippen LogP contribution in [0.4, 0.5) is 4.79 Å². The number of ether oxygens (including phenoxy) is 1. The zero-order chi connectivity index (χ0) is 11.4. The summed E-state index contributed by atoms with van der Waals surface area (Å²) in [5, 5.41) is 2.57. The molecule has 0 aromatic rings. The molecule has 0 unspecified atom stereocenters. The van der Waals surface area contributed by atoms with E-state index in [1.54, 1.807) is 20.9 Å². The molecule has 0 rings (SSSR count). The molecule has 0 spiro atoms. The van der Waals surface area contributed by atoms with Crippen molar-refractivity contribution in [2.45, 2.75) is 26.3 Å². The maximum absolute atomic E-state index is 11.4. The van der Waals surface area contributed by atoms with Crippen LogP contribution in [0.2, 0.25) is 0 Å². The van der Waals surface area contributed by atoms with E-state index in [1.165, 1.54) is 12.0 Å². The lowest BCUT2D eigenvalue weighted by Gasteiger charge is -2.26. The van der Waals surface area contributed by atoms with E-state index in [4.69, 9.17) is 0 Å². The van der Waals surface area contributed by atoms with Crippen LogP contribution in [-0.4, -0.2) is 43.1 Å². The standard InChI is InChI=1S/C9H18N2O3/c1-6-11(4)8(13)10-9(2,3)7(12)14-5/h6H2,1-5H3,(H,10,13). The summed E-state index contributed by atoms with van der Waals surface area (Å²) in [5.41, 5.74) is -0.991. The van der Waals surface area contributed by atoms with Crippen LogP contribution in [0.15, 0.2) is 0 Å². The molecule has 0 atom stereocenters. The molecule has 0 bridgehead atoms. The molecule has 0 aromatic carbocycles. The minimum absolute atomic E-state index is 0.289. The van der Waals surface area contributed by atoms with Crippen LogP contribution in [0, 0.1) is 0 Å². The van der Waals surface area contributed by atoms with Gasteiger partial charge in [0, 0.05) is 13.6 Å². The van der Waals surface area contributed by atoms with E-state index in [0.29, 0.717) is 6.54 Å². The van der Waals surface area contributed by atoms with E-state index in [-0.39, 0.29) is 6.03 Å². The van der Waals surface area contributed by atoms with Crippen LogP contribution >= 0.6 is 0 Å². The Hall–Kier alpha value is -1.26. The average Bonchev–Trinajstić information content (AvgIpc) is 2.14. The van der Waals surface area contributed by atoms with Crippen LogP contribution in [0.5, 0.6) is 0 Å². The fourth-order valence-corrected chi connectivity index (χ4v) is 0.813. The number of nitrogens with zero attached hydrogens (tertiary/aromatic N) is 1. The maximum atomic E-state index is 11.4. The van der Waals surface area contributed by atoms with Crippen molar-refractivity contribution in [3.63, 3.8) is 0 Å². The topological polar surface area (TPSA) is 58.6 Å². The molecule has 5 nitrogen and oxygen atoms in total. The van der Waals surface area contributed by atoms with Crippen molar-refractivity contribution in [1.82, 2.24) is 10.2 Å². The number of urea groups is 1. The summed E-state index contributed by atoms with van der Waals surface area (Å²) in [6.07, 6.45) is 0. The van der Waals surface area contributed by atoms with Crippen molar-refractivity contribution in [2.75, 3.05) is 20.7 Å². The van der Waals surface area contributed by atoms with Gasteiger partial charge in [-0.2, -0.15) is 0 Å². The molecule has 0 saturated carbocycles. The summed E-state index contributed by atoms with van der Waals surface area (Å²) >= 11 is 0. The quantitative estimate of drug-likeness (QED) is 0.682. The molecule has 1 N–H and O–H groups in total. The molecule has 0 aromatic heterocycles. The number of methoxy groups -OCH3 is 1. The van der Waals surface area contributed by atoms with E-state index in [2.05, 4.69) is 10.1 Å². The molecule has 0 aliphatic rings. The summed E-state index contributed by atoms with van der Waals surface area (Å²) < 4.78 is 4.56. The number of esters is 1. The van der Waals surface area contributed by atoms with Gasteiger partial charge in [-0.15, -0.1) is 0 Å². The Kier molecular flexibility index (Phi) is 4.40. The smallest absolute Gasteiger partial charge is 0.331 e. The zero-order valence-electron chi connectivity index (χ0n) is 9.38. The predicted molar refractivity (Wildman–Crippen MR) is 52.9 cm³/mol. The first-order valence-electron chi connectivity index (χ1n) is 4.46. The van der Waals surface area contributed by atoms with E-state index in [0.717, 1.165) is 0 Å². The second-order valence-electron chi connectivity index (χ2n) is 3.56. The van der Waals surface area contributed by atoms with Gasteiger partial charge in [0.25, 0.3) is 0 Å². The molecule has 0 fully saturated rings. The third-order valence-electron chi connectivity index (χ3n) is 1.94. The first-order valence-corrected chi connectivity index (χ1v) is 4.46. The molecule has 0 heterocycles. The average molecular weight is 202 g/mol. The van der Waals surface area contributed by atoms with E-state index in [9.17, 15) is 9.59 Å². The Morgan fingerprint density at radius 3 is 2.29 bits per heavy atom. The number of amides is 2. The molecular formula is C9H18N2O3. The fourth-order valence-electron chi connectivity index (χ4n) is 0.813. The molecule has 0 radical (unpaired) electrons. The van der Waals surface area contributed by atoms with Gasteiger partial charge in [-0.05, 0) is 20.8 Å². The summed E-state index contributed by atoms with van der Waals surface area (Å²) in [5.74, 6) is -0.463. The molecular weight excluding hydrogens is 184 g/mol. The molecule has 0 aliphatic carbocycles. The van der Waals surface area contributed by atoms with Gasteiger partial charge in [0.1, 0.15) is 5.54 Å². The minimum Gasteiger partial charge on any atom is -0.467 e. The van der Waals surface area contributed by atoms with Crippen LogP contribution in [0.1, 0.15) is 20.8 Å². The van der Waals surface area contributed by atoms with E-state index < -0.39 is 11.5 Å². The molecule has 82 valence electrons. The molecule has 14 heavy (non-hydrogen) atoms. The first kappa shape index (κ1) is 12.7. The fraction of sp³-hybridized carbons (Fsp3) is 0.778. The Morgan fingerprint density at radius 1 is 1.43 bits per heavy atom. The highest BCUT2D eigenvalue weighted by atomic mass is 16.5. The maximum Gasteiger partial charge on any atom is 0.331 e. The highest BCUT2D eigenvalue weighted by Gasteiger charge is 2.31. The van der Waals surface area contributed by atoms with Crippen molar-refractivity contribution in [3.8, 4) is 0 Å². The highest BCUT2D eigenvalue weighted by Crippen LogP contribution is 2.05. The number of hydrogen-bond donors (Lipinski definition) is 1. The van der Waals surface area contributed by atoms with Crippen LogP contribution in [0.3, 0.4) is 0 Å². The first-order chi connectivity index (χ1) is 6.35. The number of carbonyl (C=O) groups is 2. The van der Waals surface area contributed by atoms with Crippen molar-refractivity contribution in [3.05, 3.63) is 0 Å². The monoisotopic (exact) mass is 202 g/mol. The summed E-state index contributed by atoms with van der Waals surface area (Å²) in [7, 11) is 2.95. The largest absolute Gasteiger partial charge is 0.467 e. The normalized spacial score (nSPS) is 10.6. The Bertz CT molecular complexity index is 226. The Morgan fingerprint density at radius 2 is 1.93 bits per heavy atom. The van der Waals surface area contributed by atoms with Crippen LogP contribution in [0.25, 0.3) is 0 Å². The van der Waals surface area contributed by atoms with Gasteiger partial charge in [0.2, 0.25) is 0 Å². The van der Waals surface area contributed by atoms with Crippen molar-refractivity contribution in [1.29, 1.82) is 0 Å². The molecule has 5 heteroatoms. The van der Waals surface area contributed by atoms with Crippen molar-refractivity contribution < 1.29 is 14.3 Å². The SMILES string of the molecule is CCN(C)C(=O)NC(C)(C)C(=O)OC. The number of rotatable bonds is 3. The number of carbonyl (C=O) groups excluding carboxylic acids is 2. The summed E-state index contributed by atoms with van der Waals surface area (Å²) in [4.78, 5) is 24.1. The lowest BCUT2D eigenvalue weighted by Crippen LogP contribution is -2.53. The summed E-state index contributed by atoms with van der Waals surface area (Å²) in [6.45, 7) is 5.63. The van der Waals surface area contributed by atoms with Crippen LogP contribution in [-0.2, 0) is 9.53 Å². The number of nitrogens with one attached hydrogen (secondary N) is 1. The van der Waals surface area contributed by atoms with E-state index >= 15 is 0 Å². The summed E-state index contributed by atoms with van der Waals surface area (Å²) in [6, 6.07) is -0.289. The van der Waals surface area contributed by atoms with Crippen molar-refractivity contribution in [2.24, 2.45) is 0 Å². The van der Waals surface area contributed by atoms with Gasteiger partial charge in [0.05, 0.1) is 7.11 Å². The van der Waals surface area contributed by atoms with Gasteiger partial charge in [-0.25, -0.2) is 9.59 Å². The van der Waals surface area contributed by atoms with Gasteiger partial charge in [-0.1, -0.05) is 0 Å². The molecule has 0 aliphatic heterocycles. The Balaban J connectivity index is 4.36. The van der Waals surface area contributed by atoms with Gasteiger partial charge >= 0.3 is 12.0 Å². The minimum atomic E-state index is -0.991. The van der Waals surface area contributed by atoms with Gasteiger partial charge in [0.15, 0.2) is 0 Å². The molecule has 0 saturated heterocycles. The van der Waals surface area contributed by atoms with Crippen LogP contribution < -0.4 is 5.32 Å². The second-order valence-corrected chi connectivity index (χ2v) is 3.56. The third-order valence-corrected chi connectivity index (χ3v) is 1.94. The third kappa shape index (κ3) is 3.24. The lowest BCUT2D eigenvalue weighted by atomic mass is 10.1. The zero-order valence-corrected chi connectivity index (χ0v) is 9.38. The van der Waals surface area contributed by atoms with Gasteiger partial charge in [-0.3, -0.25) is 0 Å².